The average Bonchev–Trinajstić information content (AvgIpc) is 3.48. The largest absolute Gasteiger partial charge is 0.493 e. The number of likely N-dealkylation sites (tertiary alicyclic amines) is 1. The van der Waals surface area contributed by atoms with Crippen molar-refractivity contribution in [1.29, 1.82) is 0 Å². The maximum atomic E-state index is 13.0. The number of aromatic nitrogens is 2. The Morgan fingerprint density at radius 2 is 1.85 bits per heavy atom. The smallest absolute Gasteiger partial charge is 0.254 e. The summed E-state index contributed by atoms with van der Waals surface area (Å²) in [7, 11) is 0. The lowest BCUT2D eigenvalue weighted by atomic mass is 10.1. The Labute approximate surface area is 204 Å². The summed E-state index contributed by atoms with van der Waals surface area (Å²) in [6.45, 7) is 5.33. The van der Waals surface area contributed by atoms with Crippen molar-refractivity contribution in [2.45, 2.75) is 31.6 Å². The number of piperidine rings is 1. The van der Waals surface area contributed by atoms with Crippen LogP contribution in [0, 0.1) is 0 Å². The highest BCUT2D eigenvalue weighted by Crippen LogP contribution is 2.28. The van der Waals surface area contributed by atoms with Gasteiger partial charge in [0.15, 0.2) is 0 Å². The van der Waals surface area contributed by atoms with Crippen LogP contribution >= 0.6 is 11.8 Å². The molecule has 2 aliphatic rings. The van der Waals surface area contributed by atoms with Gasteiger partial charge >= 0.3 is 0 Å². The van der Waals surface area contributed by atoms with E-state index in [1.807, 2.05) is 53.4 Å². The molecule has 0 spiro atoms. The molecular formula is C26H30N4O3S. The highest BCUT2D eigenvalue weighted by Gasteiger charge is 2.28. The predicted octanol–water partition coefficient (Wildman–Crippen LogP) is 4.49. The molecule has 178 valence electrons. The summed E-state index contributed by atoms with van der Waals surface area (Å²) >= 11 is 1.69. The Hall–Kier alpha value is -2.84. The molecule has 1 amide bonds. The molecule has 1 aromatic heterocycles. The lowest BCUT2D eigenvalue weighted by Gasteiger charge is -2.28. The molecule has 2 aliphatic heterocycles. The van der Waals surface area contributed by atoms with E-state index >= 15 is 0 Å². The quantitative estimate of drug-likeness (QED) is 0.398. The van der Waals surface area contributed by atoms with Crippen LogP contribution in [0.25, 0.3) is 11.5 Å². The first-order chi connectivity index (χ1) is 16.8. The van der Waals surface area contributed by atoms with E-state index in [0.717, 1.165) is 54.4 Å². The maximum Gasteiger partial charge on any atom is 0.254 e. The number of carbonyl (C=O) groups excluding carboxylic acids is 1. The monoisotopic (exact) mass is 478 g/mol. The molecule has 5 rings (SSSR count). The van der Waals surface area contributed by atoms with Crippen LogP contribution < -0.4 is 4.74 Å². The Kier molecular flexibility index (Phi) is 7.46. The second-order valence-corrected chi connectivity index (χ2v) is 9.82. The number of ether oxygens (including phenoxy) is 1. The number of carbonyl (C=O) groups is 1. The fourth-order valence-electron chi connectivity index (χ4n) is 4.44. The number of para-hydroxylation sites is 1. The average molecular weight is 479 g/mol. The van der Waals surface area contributed by atoms with Crippen LogP contribution in [0.5, 0.6) is 5.75 Å². The molecule has 0 saturated carbocycles. The SMILES string of the molecule is O=C1c2cc(-c3nnc(CSCCOc4ccccc4)o3)ccc2CN1CCN1CCCCC1. The first-order valence-corrected chi connectivity index (χ1v) is 13.1. The molecule has 0 atom stereocenters. The summed E-state index contributed by atoms with van der Waals surface area (Å²) in [4.78, 5) is 17.4. The molecule has 1 fully saturated rings. The third-order valence-corrected chi connectivity index (χ3v) is 7.21. The zero-order valence-corrected chi connectivity index (χ0v) is 20.1. The van der Waals surface area contributed by atoms with Crippen molar-refractivity contribution in [3.05, 3.63) is 65.5 Å². The van der Waals surface area contributed by atoms with Gasteiger partial charge in [0.2, 0.25) is 11.8 Å². The summed E-state index contributed by atoms with van der Waals surface area (Å²) in [5.41, 5.74) is 2.62. The van der Waals surface area contributed by atoms with Crippen LogP contribution in [-0.4, -0.2) is 64.4 Å². The first-order valence-electron chi connectivity index (χ1n) is 12.0. The van der Waals surface area contributed by atoms with Crippen molar-refractivity contribution in [3.63, 3.8) is 0 Å². The lowest BCUT2D eigenvalue weighted by molar-refractivity contribution is 0.0752. The Morgan fingerprint density at radius 1 is 1.00 bits per heavy atom. The maximum absolute atomic E-state index is 13.0. The van der Waals surface area contributed by atoms with Crippen molar-refractivity contribution >= 4 is 17.7 Å². The van der Waals surface area contributed by atoms with Crippen molar-refractivity contribution < 1.29 is 13.9 Å². The van der Waals surface area contributed by atoms with E-state index in [9.17, 15) is 4.79 Å². The third kappa shape index (κ3) is 5.62. The van der Waals surface area contributed by atoms with Gasteiger partial charge in [-0.3, -0.25) is 4.79 Å². The van der Waals surface area contributed by atoms with Crippen LogP contribution in [0.2, 0.25) is 0 Å². The van der Waals surface area contributed by atoms with Crippen molar-refractivity contribution in [1.82, 2.24) is 20.0 Å². The van der Waals surface area contributed by atoms with E-state index in [1.165, 1.54) is 19.3 Å². The highest BCUT2D eigenvalue weighted by atomic mass is 32.2. The van der Waals surface area contributed by atoms with E-state index < -0.39 is 0 Å². The van der Waals surface area contributed by atoms with Gasteiger partial charge in [0.1, 0.15) is 5.75 Å². The van der Waals surface area contributed by atoms with Gasteiger partial charge in [0.05, 0.1) is 12.4 Å². The predicted molar refractivity (Wildman–Crippen MR) is 133 cm³/mol. The molecule has 0 N–H and O–H groups in total. The fraction of sp³-hybridized carbons (Fsp3) is 0.423. The second-order valence-electron chi connectivity index (χ2n) is 8.72. The molecule has 0 unspecified atom stereocenters. The van der Waals surface area contributed by atoms with Crippen LogP contribution in [0.4, 0.5) is 0 Å². The van der Waals surface area contributed by atoms with Gasteiger partial charge in [-0.2, -0.15) is 0 Å². The van der Waals surface area contributed by atoms with Gasteiger partial charge in [-0.1, -0.05) is 30.7 Å². The van der Waals surface area contributed by atoms with Gasteiger partial charge in [-0.25, -0.2) is 0 Å². The van der Waals surface area contributed by atoms with Crippen molar-refractivity contribution in [2.75, 3.05) is 38.5 Å². The molecule has 0 radical (unpaired) electrons. The highest BCUT2D eigenvalue weighted by molar-refractivity contribution is 7.98. The molecule has 34 heavy (non-hydrogen) atoms. The van der Waals surface area contributed by atoms with Crippen molar-refractivity contribution in [3.8, 4) is 17.2 Å². The molecule has 7 nitrogen and oxygen atoms in total. The summed E-state index contributed by atoms with van der Waals surface area (Å²) in [6.07, 6.45) is 3.86. The summed E-state index contributed by atoms with van der Waals surface area (Å²) in [6, 6.07) is 15.7. The van der Waals surface area contributed by atoms with E-state index in [4.69, 9.17) is 9.15 Å². The van der Waals surface area contributed by atoms with Gasteiger partial charge in [-0.05, 0) is 55.8 Å². The number of benzene rings is 2. The number of hydrogen-bond acceptors (Lipinski definition) is 7. The van der Waals surface area contributed by atoms with Crippen LogP contribution in [0.15, 0.2) is 52.9 Å². The summed E-state index contributed by atoms with van der Waals surface area (Å²) < 4.78 is 11.6. The van der Waals surface area contributed by atoms with Gasteiger partial charge in [0.25, 0.3) is 5.91 Å². The van der Waals surface area contributed by atoms with Gasteiger partial charge in [-0.15, -0.1) is 22.0 Å². The normalized spacial score (nSPS) is 16.1. The molecule has 3 aromatic rings. The van der Waals surface area contributed by atoms with Crippen LogP contribution in [0.1, 0.15) is 41.1 Å². The number of amides is 1. The van der Waals surface area contributed by atoms with Crippen LogP contribution in [-0.2, 0) is 12.3 Å². The zero-order valence-electron chi connectivity index (χ0n) is 19.3. The summed E-state index contributed by atoms with van der Waals surface area (Å²) in [5.74, 6) is 3.46. The van der Waals surface area contributed by atoms with E-state index in [1.54, 1.807) is 11.8 Å². The molecular weight excluding hydrogens is 448 g/mol. The van der Waals surface area contributed by atoms with Gasteiger partial charge < -0.3 is 19.0 Å². The minimum Gasteiger partial charge on any atom is -0.493 e. The molecule has 1 saturated heterocycles. The number of nitrogens with zero attached hydrogens (tertiary/aromatic N) is 4. The Morgan fingerprint density at radius 3 is 2.71 bits per heavy atom. The third-order valence-electron chi connectivity index (χ3n) is 6.30. The molecule has 8 heteroatoms. The lowest BCUT2D eigenvalue weighted by Crippen LogP contribution is -2.38. The first kappa shape index (κ1) is 22.9. The number of fused-ring (bicyclic) bond motifs is 1. The Balaban J connectivity index is 1.12. The molecule has 2 aromatic carbocycles. The molecule has 3 heterocycles. The minimum absolute atomic E-state index is 0.0996. The number of rotatable bonds is 10. The van der Waals surface area contributed by atoms with Crippen molar-refractivity contribution in [2.24, 2.45) is 0 Å². The molecule has 0 bridgehead atoms. The standard InChI is InChI=1S/C26H30N4O3S/c31-26-23-17-20(9-10-21(23)18-30(26)14-13-29-11-5-2-6-12-29)25-28-27-24(33-25)19-34-16-15-32-22-7-3-1-4-8-22/h1,3-4,7-10,17H,2,5-6,11-16,18-19H2. The minimum atomic E-state index is 0.0996. The van der Waals surface area contributed by atoms with Gasteiger partial charge in [0, 0.05) is 36.5 Å². The topological polar surface area (TPSA) is 71.7 Å². The summed E-state index contributed by atoms with van der Waals surface area (Å²) in [5, 5.41) is 8.39. The molecule has 0 aliphatic carbocycles. The number of hydrogen-bond donors (Lipinski definition) is 0. The second kappa shape index (κ2) is 11.1. The van der Waals surface area contributed by atoms with E-state index in [-0.39, 0.29) is 5.91 Å². The number of thioether (sulfide) groups is 1. The fourth-order valence-corrected chi connectivity index (χ4v) is 5.08. The Bertz CT molecular complexity index is 1100. The van der Waals surface area contributed by atoms with E-state index in [0.29, 0.717) is 30.7 Å². The van der Waals surface area contributed by atoms with Crippen LogP contribution in [0.3, 0.4) is 0 Å². The van der Waals surface area contributed by atoms with E-state index in [2.05, 4.69) is 15.1 Å². The zero-order chi connectivity index (χ0) is 23.2.